The molecule has 3 rings (SSSR count). The first-order valence-corrected chi connectivity index (χ1v) is 10.6. The summed E-state index contributed by atoms with van der Waals surface area (Å²) in [4.78, 5) is 43.6. The summed E-state index contributed by atoms with van der Waals surface area (Å²) in [5, 5.41) is -1.14. The van der Waals surface area contributed by atoms with Gasteiger partial charge >= 0.3 is 6.03 Å². The van der Waals surface area contributed by atoms with Gasteiger partial charge in [0.1, 0.15) is 4.32 Å². The number of rotatable bonds is 5. The SMILES string of the molecule is CCN(CC)C(=S)SC1C(=O)N(c2ccccc2)C(=O)N(c2ccccc2)C1=O. The first-order valence-electron chi connectivity index (χ1n) is 9.27. The number of hydrogen-bond acceptors (Lipinski definition) is 5. The van der Waals surface area contributed by atoms with E-state index in [9.17, 15) is 14.4 Å². The van der Waals surface area contributed by atoms with Gasteiger partial charge in [-0.2, -0.15) is 0 Å². The summed E-state index contributed by atoms with van der Waals surface area (Å²) < 4.78 is 0.456. The highest BCUT2D eigenvalue weighted by Gasteiger charge is 2.48. The van der Waals surface area contributed by atoms with Crippen molar-refractivity contribution in [2.45, 2.75) is 19.1 Å². The zero-order valence-electron chi connectivity index (χ0n) is 16.1. The van der Waals surface area contributed by atoms with Gasteiger partial charge in [-0.15, -0.1) is 0 Å². The number of barbiturate groups is 1. The molecule has 0 bridgehead atoms. The number of carbonyl (C=O) groups is 3. The van der Waals surface area contributed by atoms with Gasteiger partial charge in [0.25, 0.3) is 11.8 Å². The Morgan fingerprint density at radius 3 is 1.66 bits per heavy atom. The van der Waals surface area contributed by atoms with Crippen molar-refractivity contribution in [3.63, 3.8) is 0 Å². The maximum absolute atomic E-state index is 13.2. The number of para-hydroxylation sites is 2. The third-order valence-electron chi connectivity index (χ3n) is 4.54. The summed E-state index contributed by atoms with van der Waals surface area (Å²) in [6.07, 6.45) is 0. The lowest BCUT2D eigenvalue weighted by molar-refractivity contribution is -0.126. The molecule has 0 atom stereocenters. The van der Waals surface area contributed by atoms with E-state index >= 15 is 0 Å². The van der Waals surface area contributed by atoms with Crippen LogP contribution in [-0.2, 0) is 9.59 Å². The molecule has 0 aromatic heterocycles. The van der Waals surface area contributed by atoms with Gasteiger partial charge in [0, 0.05) is 13.1 Å². The van der Waals surface area contributed by atoms with E-state index in [4.69, 9.17) is 12.2 Å². The zero-order valence-corrected chi connectivity index (χ0v) is 17.8. The molecule has 1 heterocycles. The molecule has 1 aliphatic heterocycles. The second-order valence-corrected chi connectivity index (χ2v) is 7.98. The average Bonchev–Trinajstić information content (AvgIpc) is 2.74. The topological polar surface area (TPSA) is 60.9 Å². The molecule has 0 N–H and O–H groups in total. The molecule has 2 aromatic carbocycles. The van der Waals surface area contributed by atoms with Gasteiger partial charge in [-0.3, -0.25) is 9.59 Å². The number of imide groups is 2. The van der Waals surface area contributed by atoms with E-state index in [1.807, 2.05) is 18.7 Å². The summed E-state index contributed by atoms with van der Waals surface area (Å²) in [6, 6.07) is 16.5. The Bertz CT molecular complexity index is 856. The molecule has 29 heavy (non-hydrogen) atoms. The minimum absolute atomic E-state index is 0.412. The van der Waals surface area contributed by atoms with Crippen LogP contribution < -0.4 is 9.80 Å². The molecular weight excluding hydrogens is 406 g/mol. The van der Waals surface area contributed by atoms with Crippen LogP contribution in [0.3, 0.4) is 0 Å². The van der Waals surface area contributed by atoms with Crippen molar-refractivity contribution in [3.8, 4) is 0 Å². The normalized spacial score (nSPS) is 15.0. The van der Waals surface area contributed by atoms with Gasteiger partial charge < -0.3 is 4.90 Å². The van der Waals surface area contributed by atoms with Crippen LogP contribution in [0.15, 0.2) is 60.7 Å². The molecule has 1 fully saturated rings. The number of hydrogen-bond donors (Lipinski definition) is 0. The van der Waals surface area contributed by atoms with Crippen LogP contribution in [0.4, 0.5) is 16.2 Å². The standard InChI is InChI=1S/C21H21N3O3S2/c1-3-22(4-2)21(28)29-17-18(25)23(15-11-7-5-8-12-15)20(27)24(19(17)26)16-13-9-6-10-14-16/h5-14,17H,3-4H2,1-2H3. The van der Waals surface area contributed by atoms with Crippen molar-refractivity contribution in [2.75, 3.05) is 22.9 Å². The minimum Gasteiger partial charge on any atom is -0.358 e. The van der Waals surface area contributed by atoms with Crippen LogP contribution in [0.2, 0.25) is 0 Å². The average molecular weight is 428 g/mol. The Morgan fingerprint density at radius 1 is 0.862 bits per heavy atom. The molecule has 0 spiro atoms. The minimum atomic E-state index is -1.14. The highest BCUT2D eigenvalue weighted by Crippen LogP contribution is 2.32. The maximum Gasteiger partial charge on any atom is 0.342 e. The Kier molecular flexibility index (Phi) is 6.66. The van der Waals surface area contributed by atoms with Crippen LogP contribution >= 0.6 is 24.0 Å². The number of carbonyl (C=O) groups excluding carboxylic acids is 3. The van der Waals surface area contributed by atoms with Crippen molar-refractivity contribution in [3.05, 3.63) is 60.7 Å². The van der Waals surface area contributed by atoms with Crippen LogP contribution in [-0.4, -0.2) is 45.4 Å². The van der Waals surface area contributed by atoms with Crippen LogP contribution in [0.5, 0.6) is 0 Å². The lowest BCUT2D eigenvalue weighted by Gasteiger charge is -2.37. The Balaban J connectivity index is 2.03. The maximum atomic E-state index is 13.2. The Hall–Kier alpha value is -2.71. The van der Waals surface area contributed by atoms with Crippen molar-refractivity contribution in [1.82, 2.24) is 4.90 Å². The lowest BCUT2D eigenvalue weighted by Crippen LogP contribution is -2.62. The molecular formula is C21H21N3O3S2. The van der Waals surface area contributed by atoms with E-state index in [2.05, 4.69) is 0 Å². The number of nitrogens with zero attached hydrogens (tertiary/aromatic N) is 3. The third-order valence-corrected chi connectivity index (χ3v) is 6.19. The van der Waals surface area contributed by atoms with Gasteiger partial charge in [-0.25, -0.2) is 14.6 Å². The third kappa shape index (κ3) is 4.18. The lowest BCUT2D eigenvalue weighted by atomic mass is 10.2. The molecule has 1 aliphatic rings. The van der Waals surface area contributed by atoms with E-state index in [1.165, 1.54) is 0 Å². The monoisotopic (exact) mass is 427 g/mol. The summed E-state index contributed by atoms with van der Waals surface area (Å²) in [5.74, 6) is -1.17. The summed E-state index contributed by atoms with van der Waals surface area (Å²) in [6.45, 7) is 5.25. The predicted octanol–water partition coefficient (Wildman–Crippen LogP) is 3.91. The van der Waals surface area contributed by atoms with E-state index in [0.29, 0.717) is 28.8 Å². The summed E-state index contributed by atoms with van der Waals surface area (Å²) in [5.41, 5.74) is 0.825. The van der Waals surface area contributed by atoms with Crippen molar-refractivity contribution < 1.29 is 14.4 Å². The van der Waals surface area contributed by atoms with Crippen LogP contribution in [0.1, 0.15) is 13.8 Å². The Morgan fingerprint density at radius 2 is 1.28 bits per heavy atom. The van der Waals surface area contributed by atoms with Crippen molar-refractivity contribution in [2.24, 2.45) is 0 Å². The molecule has 150 valence electrons. The first-order chi connectivity index (χ1) is 14.0. The highest BCUT2D eigenvalue weighted by atomic mass is 32.2. The van der Waals surface area contributed by atoms with E-state index < -0.39 is 23.1 Å². The molecule has 0 saturated carbocycles. The fourth-order valence-electron chi connectivity index (χ4n) is 3.02. The second-order valence-electron chi connectivity index (χ2n) is 6.24. The number of amides is 4. The van der Waals surface area contributed by atoms with Crippen molar-refractivity contribution in [1.29, 1.82) is 0 Å². The van der Waals surface area contributed by atoms with Gasteiger partial charge in [0.05, 0.1) is 11.4 Å². The molecule has 8 heteroatoms. The molecule has 2 aromatic rings. The molecule has 1 saturated heterocycles. The number of thioether (sulfide) groups is 1. The predicted molar refractivity (Wildman–Crippen MR) is 120 cm³/mol. The number of benzene rings is 2. The summed E-state index contributed by atoms with van der Waals surface area (Å²) >= 11 is 6.48. The van der Waals surface area contributed by atoms with Gasteiger partial charge in [0.2, 0.25) is 0 Å². The quantitative estimate of drug-likeness (QED) is 0.533. The molecule has 6 nitrogen and oxygen atoms in total. The van der Waals surface area contributed by atoms with Crippen molar-refractivity contribution >= 4 is 57.5 Å². The largest absolute Gasteiger partial charge is 0.358 e. The van der Waals surface area contributed by atoms with E-state index in [1.54, 1.807) is 60.7 Å². The fraction of sp³-hybridized carbons (Fsp3) is 0.238. The number of urea groups is 1. The number of thiocarbonyl (C=S) groups is 1. The number of anilines is 2. The summed E-state index contributed by atoms with van der Waals surface area (Å²) in [7, 11) is 0. The zero-order chi connectivity index (χ0) is 21.0. The fourth-order valence-corrected chi connectivity index (χ4v) is 4.58. The van der Waals surface area contributed by atoms with Crippen LogP contribution in [0, 0.1) is 0 Å². The van der Waals surface area contributed by atoms with Gasteiger partial charge in [-0.05, 0) is 38.1 Å². The smallest absolute Gasteiger partial charge is 0.342 e. The molecule has 4 amide bonds. The highest BCUT2D eigenvalue weighted by molar-refractivity contribution is 8.24. The molecule has 0 radical (unpaired) electrons. The van der Waals surface area contributed by atoms with E-state index in [0.717, 1.165) is 21.6 Å². The molecule has 0 unspecified atom stereocenters. The second kappa shape index (κ2) is 9.19. The van der Waals surface area contributed by atoms with Gasteiger partial charge in [0.15, 0.2) is 5.25 Å². The first kappa shape index (κ1) is 21.0. The van der Waals surface area contributed by atoms with Gasteiger partial charge in [-0.1, -0.05) is 60.4 Å². The van der Waals surface area contributed by atoms with Crippen LogP contribution in [0.25, 0.3) is 0 Å². The molecule has 0 aliphatic carbocycles. The van der Waals surface area contributed by atoms with E-state index in [-0.39, 0.29) is 0 Å². The Labute approximate surface area is 179 Å².